The summed E-state index contributed by atoms with van der Waals surface area (Å²) in [7, 11) is 1.64. The minimum atomic E-state index is -0.212. The highest BCUT2D eigenvalue weighted by Gasteiger charge is 2.34. The van der Waals surface area contributed by atoms with E-state index >= 15 is 0 Å². The van der Waals surface area contributed by atoms with E-state index in [1.807, 2.05) is 24.3 Å². The van der Waals surface area contributed by atoms with Gasteiger partial charge in [-0.3, -0.25) is 0 Å². The van der Waals surface area contributed by atoms with Crippen LogP contribution in [-0.4, -0.2) is 27.3 Å². The normalized spacial score (nSPS) is 15.7. The number of thiocarbonyl (C=S) groups is 1. The first-order valence-corrected chi connectivity index (χ1v) is 12.2. The zero-order valence-corrected chi connectivity index (χ0v) is 21.6. The highest BCUT2D eigenvalue weighted by atomic mass is 32.1. The summed E-state index contributed by atoms with van der Waals surface area (Å²) < 4.78 is 11.1. The fraction of sp³-hybridized carbons (Fsp3) is 0.207. The van der Waals surface area contributed by atoms with Crippen molar-refractivity contribution in [3.63, 3.8) is 0 Å². The molecule has 1 N–H and O–H groups in total. The molecule has 36 heavy (non-hydrogen) atoms. The number of methoxy groups -OCH3 is 1. The quantitative estimate of drug-likeness (QED) is 0.318. The molecule has 6 nitrogen and oxygen atoms in total. The number of nitrogens with one attached hydrogen (secondary N) is 1. The second-order valence-corrected chi connectivity index (χ2v) is 9.40. The van der Waals surface area contributed by atoms with Crippen molar-refractivity contribution < 1.29 is 9.26 Å². The van der Waals surface area contributed by atoms with E-state index in [2.05, 4.69) is 84.7 Å². The van der Waals surface area contributed by atoms with Crippen LogP contribution < -0.4 is 10.1 Å². The summed E-state index contributed by atoms with van der Waals surface area (Å²) in [6, 6.07) is 24.3. The first kappa shape index (κ1) is 23.8. The zero-order valence-electron chi connectivity index (χ0n) is 20.8. The Labute approximate surface area is 216 Å². The Morgan fingerprint density at radius 3 is 2.19 bits per heavy atom. The van der Waals surface area contributed by atoms with Gasteiger partial charge in [0, 0.05) is 17.8 Å². The van der Waals surface area contributed by atoms with Crippen molar-refractivity contribution in [3.8, 4) is 17.1 Å². The van der Waals surface area contributed by atoms with Crippen LogP contribution in [0.4, 0.5) is 0 Å². The predicted octanol–water partition coefficient (Wildman–Crippen LogP) is 6.22. The molecule has 7 heteroatoms. The van der Waals surface area contributed by atoms with Gasteiger partial charge in [-0.05, 0) is 68.4 Å². The van der Waals surface area contributed by atoms with E-state index in [-0.39, 0.29) is 6.04 Å². The molecule has 182 valence electrons. The molecule has 0 amide bonds. The number of ether oxygens (including phenoxy) is 1. The average Bonchev–Trinajstić information content (AvgIpc) is 3.37. The molecule has 4 aromatic rings. The maximum atomic E-state index is 5.85. The average molecular weight is 497 g/mol. The summed E-state index contributed by atoms with van der Waals surface area (Å²) in [6.45, 7) is 6.87. The first-order chi connectivity index (χ1) is 17.4. The lowest BCUT2D eigenvalue weighted by Crippen LogP contribution is -2.45. The third kappa shape index (κ3) is 4.75. The largest absolute Gasteiger partial charge is 0.497 e. The molecular formula is C29H28N4O2S. The lowest BCUT2D eigenvalue weighted by atomic mass is 9.94. The Kier molecular flexibility index (Phi) is 6.57. The van der Waals surface area contributed by atoms with Gasteiger partial charge < -0.3 is 19.5 Å². The van der Waals surface area contributed by atoms with Gasteiger partial charge >= 0.3 is 0 Å². The van der Waals surface area contributed by atoms with Gasteiger partial charge in [0.15, 0.2) is 5.11 Å². The Morgan fingerprint density at radius 2 is 1.56 bits per heavy atom. The highest BCUT2D eigenvalue weighted by molar-refractivity contribution is 7.80. The number of hydrogen-bond donors (Lipinski definition) is 1. The summed E-state index contributed by atoms with van der Waals surface area (Å²) in [5, 5.41) is 8.49. The minimum absolute atomic E-state index is 0.212. The van der Waals surface area contributed by atoms with Crippen molar-refractivity contribution in [1.82, 2.24) is 20.4 Å². The maximum absolute atomic E-state index is 5.85. The third-order valence-corrected chi connectivity index (χ3v) is 6.81. The molecule has 1 atom stereocenters. The molecule has 0 aliphatic carbocycles. The number of nitrogens with zero attached hydrogens (tertiary/aromatic N) is 3. The number of rotatable bonds is 6. The molecule has 0 spiro atoms. The fourth-order valence-electron chi connectivity index (χ4n) is 4.32. The van der Waals surface area contributed by atoms with Gasteiger partial charge in [0.2, 0.25) is 5.82 Å². The molecular weight excluding hydrogens is 468 g/mol. The minimum Gasteiger partial charge on any atom is -0.497 e. The SMILES string of the molecule is COc1ccc(-c2noc(C3=C(C)N(Cc4ccc(C)cc4)C(=S)NC3c3ccc(C)cc3)n2)cc1. The lowest BCUT2D eigenvalue weighted by Gasteiger charge is -2.37. The smallest absolute Gasteiger partial charge is 0.258 e. The highest BCUT2D eigenvalue weighted by Crippen LogP contribution is 2.38. The van der Waals surface area contributed by atoms with Crippen LogP contribution in [0.3, 0.4) is 0 Å². The molecule has 1 aliphatic rings. The molecule has 1 unspecified atom stereocenters. The summed E-state index contributed by atoms with van der Waals surface area (Å²) in [6.07, 6.45) is 0. The van der Waals surface area contributed by atoms with Crippen molar-refractivity contribution in [3.05, 3.63) is 107 Å². The zero-order chi connectivity index (χ0) is 25.2. The van der Waals surface area contributed by atoms with E-state index in [9.17, 15) is 0 Å². The van der Waals surface area contributed by atoms with Crippen LogP contribution in [0.15, 0.2) is 83.0 Å². The summed E-state index contributed by atoms with van der Waals surface area (Å²) >= 11 is 5.84. The molecule has 2 heterocycles. The monoisotopic (exact) mass is 496 g/mol. The number of benzene rings is 3. The van der Waals surface area contributed by atoms with E-state index in [1.54, 1.807) is 7.11 Å². The molecule has 5 rings (SSSR count). The maximum Gasteiger partial charge on any atom is 0.258 e. The molecule has 0 saturated carbocycles. The standard InChI is InChI=1S/C29H28N4O2S/c1-18-5-9-21(10-6-18)17-33-20(3)25(26(30-29(33)36)22-11-7-19(2)8-12-22)28-31-27(32-35-28)23-13-15-24(34-4)16-14-23/h5-16,26H,17H2,1-4H3,(H,30,36). The van der Waals surface area contributed by atoms with E-state index in [1.165, 1.54) is 16.7 Å². The van der Waals surface area contributed by atoms with Gasteiger partial charge in [0.05, 0.1) is 18.7 Å². The van der Waals surface area contributed by atoms with Crippen molar-refractivity contribution >= 4 is 22.9 Å². The van der Waals surface area contributed by atoms with Crippen molar-refractivity contribution in [1.29, 1.82) is 0 Å². The first-order valence-electron chi connectivity index (χ1n) is 11.8. The van der Waals surface area contributed by atoms with Gasteiger partial charge in [-0.1, -0.05) is 64.8 Å². The molecule has 1 aliphatic heterocycles. The second-order valence-electron chi connectivity index (χ2n) is 9.02. The molecule has 1 aromatic heterocycles. The summed E-state index contributed by atoms with van der Waals surface area (Å²) in [4.78, 5) is 6.89. The predicted molar refractivity (Wildman–Crippen MR) is 145 cm³/mol. The van der Waals surface area contributed by atoms with Crippen LogP contribution in [0.1, 0.15) is 41.1 Å². The number of allylic oxidation sites excluding steroid dienone is 1. The van der Waals surface area contributed by atoms with Gasteiger partial charge in [-0.15, -0.1) is 0 Å². The van der Waals surface area contributed by atoms with Crippen LogP contribution >= 0.6 is 12.2 Å². The topological polar surface area (TPSA) is 63.4 Å². The van der Waals surface area contributed by atoms with Crippen LogP contribution in [0.25, 0.3) is 17.0 Å². The van der Waals surface area contributed by atoms with E-state index in [4.69, 9.17) is 26.5 Å². The van der Waals surface area contributed by atoms with Crippen molar-refractivity contribution in [2.75, 3.05) is 7.11 Å². The van der Waals surface area contributed by atoms with Crippen LogP contribution in [-0.2, 0) is 6.54 Å². The van der Waals surface area contributed by atoms with Crippen molar-refractivity contribution in [2.24, 2.45) is 0 Å². The van der Waals surface area contributed by atoms with Crippen LogP contribution in [0.5, 0.6) is 5.75 Å². The van der Waals surface area contributed by atoms with Gasteiger partial charge in [0.1, 0.15) is 5.75 Å². The molecule has 0 radical (unpaired) electrons. The number of aryl methyl sites for hydroxylation is 2. The van der Waals surface area contributed by atoms with Crippen LogP contribution in [0, 0.1) is 13.8 Å². The number of hydrogen-bond acceptors (Lipinski definition) is 5. The molecule has 3 aromatic carbocycles. The molecule has 0 bridgehead atoms. The fourth-order valence-corrected chi connectivity index (χ4v) is 4.64. The van der Waals surface area contributed by atoms with Gasteiger partial charge in [0.25, 0.3) is 5.89 Å². The van der Waals surface area contributed by atoms with E-state index in [0.29, 0.717) is 23.4 Å². The Hall–Kier alpha value is -3.97. The molecule has 0 saturated heterocycles. The Balaban J connectivity index is 1.57. The Morgan fingerprint density at radius 1 is 0.917 bits per heavy atom. The summed E-state index contributed by atoms with van der Waals surface area (Å²) in [5.74, 6) is 1.76. The summed E-state index contributed by atoms with van der Waals surface area (Å²) in [5.41, 5.74) is 7.41. The van der Waals surface area contributed by atoms with Crippen molar-refractivity contribution in [2.45, 2.75) is 33.4 Å². The lowest BCUT2D eigenvalue weighted by molar-refractivity contribution is 0.396. The Bertz CT molecular complexity index is 1410. The van der Waals surface area contributed by atoms with E-state index in [0.717, 1.165) is 28.1 Å². The molecule has 0 fully saturated rings. The van der Waals surface area contributed by atoms with Gasteiger partial charge in [-0.25, -0.2) is 0 Å². The number of aromatic nitrogens is 2. The third-order valence-electron chi connectivity index (χ3n) is 6.47. The van der Waals surface area contributed by atoms with E-state index < -0.39 is 0 Å². The van der Waals surface area contributed by atoms with Gasteiger partial charge in [-0.2, -0.15) is 4.98 Å². The van der Waals surface area contributed by atoms with Crippen LogP contribution in [0.2, 0.25) is 0 Å². The second kappa shape index (κ2) is 9.95.